The van der Waals surface area contributed by atoms with E-state index < -0.39 is 5.54 Å². The van der Waals surface area contributed by atoms with Crippen molar-refractivity contribution >= 4 is 17.7 Å². The summed E-state index contributed by atoms with van der Waals surface area (Å²) in [5.74, 6) is 0.0601. The van der Waals surface area contributed by atoms with Crippen LogP contribution in [0, 0.1) is 0 Å². The van der Waals surface area contributed by atoms with Crippen LogP contribution in [-0.2, 0) is 4.79 Å². The maximum Gasteiger partial charge on any atom is 0.240 e. The molecule has 0 saturated heterocycles. The number of thioether (sulfide) groups is 1. The van der Waals surface area contributed by atoms with Crippen molar-refractivity contribution in [2.24, 2.45) is 5.73 Å². The van der Waals surface area contributed by atoms with E-state index in [2.05, 4.69) is 29.6 Å². The maximum atomic E-state index is 12.5. The van der Waals surface area contributed by atoms with Gasteiger partial charge in [-0.05, 0) is 37.8 Å². The smallest absolute Gasteiger partial charge is 0.240 e. The van der Waals surface area contributed by atoms with Gasteiger partial charge in [-0.1, -0.05) is 43.9 Å². The molecule has 0 atom stereocenters. The van der Waals surface area contributed by atoms with Gasteiger partial charge in [0.2, 0.25) is 5.91 Å². The number of nitrogens with one attached hydrogen (secondary N) is 1. The monoisotopic (exact) mass is 318 g/mol. The van der Waals surface area contributed by atoms with Crippen LogP contribution in [0.25, 0.3) is 0 Å². The van der Waals surface area contributed by atoms with Crippen LogP contribution < -0.4 is 11.1 Å². The molecule has 0 unspecified atom stereocenters. The van der Waals surface area contributed by atoms with Crippen molar-refractivity contribution in [3.63, 3.8) is 0 Å². The molecule has 2 fully saturated rings. The summed E-state index contributed by atoms with van der Waals surface area (Å²) in [5.41, 5.74) is 5.65. The molecule has 3 rings (SSSR count). The molecule has 1 aromatic carbocycles. The Morgan fingerprint density at radius 2 is 1.64 bits per heavy atom. The summed E-state index contributed by atoms with van der Waals surface area (Å²) in [4.78, 5) is 13.8. The topological polar surface area (TPSA) is 55.1 Å². The predicted octanol–water partition coefficient (Wildman–Crippen LogP) is 3.48. The van der Waals surface area contributed by atoms with Crippen molar-refractivity contribution in [3.05, 3.63) is 30.3 Å². The van der Waals surface area contributed by atoms with E-state index in [9.17, 15) is 4.79 Å². The normalized spacial score (nSPS) is 22.6. The zero-order valence-corrected chi connectivity index (χ0v) is 14.0. The van der Waals surface area contributed by atoms with Crippen LogP contribution in [0.4, 0.5) is 0 Å². The lowest BCUT2D eigenvalue weighted by Gasteiger charge is -2.31. The first-order chi connectivity index (χ1) is 10.6. The average molecular weight is 318 g/mol. The molecule has 0 heterocycles. The van der Waals surface area contributed by atoms with Crippen LogP contribution in [0.15, 0.2) is 35.2 Å². The van der Waals surface area contributed by atoms with Crippen LogP contribution >= 0.6 is 11.8 Å². The van der Waals surface area contributed by atoms with Crippen LogP contribution in [-0.4, -0.2) is 22.7 Å². The maximum absolute atomic E-state index is 12.5. The summed E-state index contributed by atoms with van der Waals surface area (Å²) >= 11 is 1.93. The summed E-state index contributed by atoms with van der Waals surface area (Å²) in [6.45, 7) is 0.740. The Kier molecular flexibility index (Phi) is 4.79. The number of hydrogen-bond acceptors (Lipinski definition) is 3. The Morgan fingerprint density at radius 3 is 2.27 bits per heavy atom. The molecule has 3 N–H and O–H groups in total. The standard InChI is InChI=1S/C18H26N2OS/c19-18(12-6-7-13-18)16(21)20-14-17(10-4-5-11-17)22-15-8-2-1-3-9-15/h1-3,8-9H,4-7,10-14,19H2,(H,20,21). The van der Waals surface area contributed by atoms with Gasteiger partial charge in [0.15, 0.2) is 0 Å². The van der Waals surface area contributed by atoms with Gasteiger partial charge in [-0.2, -0.15) is 0 Å². The molecule has 3 nitrogen and oxygen atoms in total. The van der Waals surface area contributed by atoms with Gasteiger partial charge in [-0.15, -0.1) is 11.8 Å². The fourth-order valence-electron chi connectivity index (χ4n) is 3.72. The van der Waals surface area contributed by atoms with Crippen molar-refractivity contribution in [2.45, 2.75) is 66.5 Å². The van der Waals surface area contributed by atoms with E-state index in [1.165, 1.54) is 30.6 Å². The van der Waals surface area contributed by atoms with Crippen LogP contribution in [0.5, 0.6) is 0 Å². The molecule has 1 amide bonds. The number of carbonyl (C=O) groups excluding carboxylic acids is 1. The highest BCUT2D eigenvalue weighted by atomic mass is 32.2. The summed E-state index contributed by atoms with van der Waals surface area (Å²) in [7, 11) is 0. The zero-order valence-electron chi connectivity index (χ0n) is 13.1. The molecule has 0 aromatic heterocycles. The van der Waals surface area contributed by atoms with Gasteiger partial charge < -0.3 is 11.1 Å². The molecule has 2 saturated carbocycles. The van der Waals surface area contributed by atoms with Crippen LogP contribution in [0.3, 0.4) is 0 Å². The second-order valence-electron chi connectivity index (χ2n) is 6.85. The van der Waals surface area contributed by atoms with E-state index in [1.54, 1.807) is 0 Å². The van der Waals surface area contributed by atoms with E-state index in [0.717, 1.165) is 32.2 Å². The second-order valence-corrected chi connectivity index (χ2v) is 8.39. The van der Waals surface area contributed by atoms with Gasteiger partial charge in [0.05, 0.1) is 5.54 Å². The van der Waals surface area contributed by atoms with Gasteiger partial charge in [0, 0.05) is 16.2 Å². The highest BCUT2D eigenvalue weighted by Crippen LogP contribution is 2.45. The second kappa shape index (κ2) is 6.63. The number of hydrogen-bond donors (Lipinski definition) is 2. The Labute approximate surface area is 137 Å². The van der Waals surface area contributed by atoms with Crippen molar-refractivity contribution in [2.75, 3.05) is 6.54 Å². The van der Waals surface area contributed by atoms with Crippen molar-refractivity contribution < 1.29 is 4.79 Å². The van der Waals surface area contributed by atoms with Crippen molar-refractivity contribution in [1.82, 2.24) is 5.32 Å². The van der Waals surface area contributed by atoms with Gasteiger partial charge in [-0.25, -0.2) is 0 Å². The summed E-state index contributed by atoms with van der Waals surface area (Å²) in [6.07, 6.45) is 8.67. The van der Waals surface area contributed by atoms with Crippen LogP contribution in [0.2, 0.25) is 0 Å². The fourth-order valence-corrected chi connectivity index (χ4v) is 5.15. The fraction of sp³-hybridized carbons (Fsp3) is 0.611. The molecule has 120 valence electrons. The van der Waals surface area contributed by atoms with E-state index in [1.807, 2.05) is 17.8 Å². The van der Waals surface area contributed by atoms with Crippen molar-refractivity contribution in [1.29, 1.82) is 0 Å². The lowest BCUT2D eigenvalue weighted by atomic mass is 9.97. The quantitative estimate of drug-likeness (QED) is 0.874. The Morgan fingerprint density at radius 1 is 1.05 bits per heavy atom. The largest absolute Gasteiger partial charge is 0.353 e. The SMILES string of the molecule is NC1(C(=O)NCC2(Sc3ccccc3)CCCC2)CCCC1. The van der Waals surface area contributed by atoms with E-state index in [4.69, 9.17) is 5.73 Å². The predicted molar refractivity (Wildman–Crippen MR) is 91.9 cm³/mol. The van der Waals surface area contributed by atoms with E-state index in [-0.39, 0.29) is 10.7 Å². The minimum Gasteiger partial charge on any atom is -0.353 e. The van der Waals surface area contributed by atoms with Gasteiger partial charge >= 0.3 is 0 Å². The third-order valence-electron chi connectivity index (χ3n) is 5.11. The summed E-state index contributed by atoms with van der Waals surface area (Å²) in [6, 6.07) is 10.5. The molecule has 4 heteroatoms. The molecule has 0 bridgehead atoms. The highest BCUT2D eigenvalue weighted by molar-refractivity contribution is 8.00. The third kappa shape index (κ3) is 3.49. The molecule has 0 radical (unpaired) electrons. The van der Waals surface area contributed by atoms with E-state index >= 15 is 0 Å². The highest BCUT2D eigenvalue weighted by Gasteiger charge is 2.40. The molecule has 2 aliphatic rings. The Hall–Kier alpha value is -1.00. The summed E-state index contributed by atoms with van der Waals surface area (Å²) in [5, 5.41) is 3.18. The molecular formula is C18H26N2OS. The van der Waals surface area contributed by atoms with Gasteiger partial charge in [0.1, 0.15) is 0 Å². The van der Waals surface area contributed by atoms with Crippen molar-refractivity contribution in [3.8, 4) is 0 Å². The molecular weight excluding hydrogens is 292 g/mol. The number of amides is 1. The molecule has 1 aromatic rings. The molecule has 0 aliphatic heterocycles. The van der Waals surface area contributed by atoms with E-state index in [0.29, 0.717) is 0 Å². The number of carbonyl (C=O) groups is 1. The lowest BCUT2D eigenvalue weighted by molar-refractivity contribution is -0.126. The third-order valence-corrected chi connectivity index (χ3v) is 6.60. The zero-order chi connectivity index (χ0) is 15.5. The van der Waals surface area contributed by atoms with Crippen LogP contribution in [0.1, 0.15) is 51.4 Å². The number of benzene rings is 1. The lowest BCUT2D eigenvalue weighted by Crippen LogP contribution is -2.54. The molecule has 0 spiro atoms. The first-order valence-corrected chi connectivity index (χ1v) is 9.25. The average Bonchev–Trinajstić information content (AvgIpc) is 3.17. The Balaban J connectivity index is 1.63. The molecule has 2 aliphatic carbocycles. The number of rotatable bonds is 5. The first-order valence-electron chi connectivity index (χ1n) is 8.43. The Bertz CT molecular complexity index is 505. The first kappa shape index (κ1) is 15.9. The molecule has 22 heavy (non-hydrogen) atoms. The summed E-state index contributed by atoms with van der Waals surface area (Å²) < 4.78 is 0.145. The number of nitrogens with two attached hydrogens (primary N) is 1. The van der Waals surface area contributed by atoms with Gasteiger partial charge in [0.25, 0.3) is 0 Å². The minimum absolute atomic E-state index is 0.0601. The minimum atomic E-state index is -0.614. The van der Waals surface area contributed by atoms with Gasteiger partial charge in [-0.3, -0.25) is 4.79 Å².